The van der Waals surface area contributed by atoms with Crippen molar-refractivity contribution in [3.63, 3.8) is 0 Å². The largest absolute Gasteiger partial charge is 0.394 e. The molecule has 2 rings (SSSR count). The lowest BCUT2D eigenvalue weighted by Gasteiger charge is -2.20. The number of carbonyl (C=O) groups excluding carboxylic acids is 1. The number of rotatable bonds is 6. The number of benzene rings is 1. The Balaban J connectivity index is 2.05. The Hall–Kier alpha value is -1.85. The summed E-state index contributed by atoms with van der Waals surface area (Å²) >= 11 is 1.63. The van der Waals surface area contributed by atoms with E-state index in [-0.39, 0.29) is 24.7 Å². The van der Waals surface area contributed by atoms with Gasteiger partial charge in [0.25, 0.3) is 0 Å². The van der Waals surface area contributed by atoms with E-state index in [4.69, 9.17) is 5.11 Å². The van der Waals surface area contributed by atoms with Crippen LogP contribution in [0.25, 0.3) is 0 Å². The maximum Gasteiger partial charge on any atom is 0.315 e. The van der Waals surface area contributed by atoms with Crippen molar-refractivity contribution in [2.75, 3.05) is 6.61 Å². The minimum atomic E-state index is -0.259. The number of thiophene rings is 1. The molecule has 0 aliphatic carbocycles. The van der Waals surface area contributed by atoms with E-state index >= 15 is 0 Å². The van der Waals surface area contributed by atoms with Crippen molar-refractivity contribution >= 4 is 17.4 Å². The van der Waals surface area contributed by atoms with Crippen LogP contribution in [0.4, 0.5) is 4.79 Å². The molecule has 5 heteroatoms. The third-order valence-corrected chi connectivity index (χ3v) is 4.11. The molecule has 1 aromatic carbocycles. The average molecular weight is 304 g/mol. The highest BCUT2D eigenvalue weighted by molar-refractivity contribution is 7.10. The summed E-state index contributed by atoms with van der Waals surface area (Å²) in [5.41, 5.74) is 1.17. The first kappa shape index (κ1) is 15.5. The molecular weight excluding hydrogens is 284 g/mol. The Morgan fingerprint density at radius 1 is 1.19 bits per heavy atom. The Bertz CT molecular complexity index is 543. The zero-order chi connectivity index (χ0) is 15.1. The fraction of sp³-hybridized carbons (Fsp3) is 0.312. The van der Waals surface area contributed by atoms with Crippen molar-refractivity contribution < 1.29 is 9.90 Å². The van der Waals surface area contributed by atoms with E-state index in [9.17, 15) is 4.79 Å². The van der Waals surface area contributed by atoms with Crippen LogP contribution in [0.1, 0.15) is 23.4 Å². The van der Waals surface area contributed by atoms with Gasteiger partial charge in [-0.2, -0.15) is 0 Å². The molecule has 2 atom stereocenters. The van der Waals surface area contributed by atoms with Gasteiger partial charge in [-0.25, -0.2) is 4.79 Å². The van der Waals surface area contributed by atoms with E-state index < -0.39 is 0 Å². The molecule has 0 aliphatic heterocycles. The SMILES string of the molecule is CC(CO)NC(=O)NC(Cc1ccccc1)c1cccs1. The van der Waals surface area contributed by atoms with Crippen molar-refractivity contribution in [1.82, 2.24) is 10.6 Å². The average Bonchev–Trinajstić information content (AvgIpc) is 3.01. The lowest BCUT2D eigenvalue weighted by atomic mass is 10.0. The van der Waals surface area contributed by atoms with Crippen molar-refractivity contribution in [3.8, 4) is 0 Å². The van der Waals surface area contributed by atoms with Crippen LogP contribution in [0.15, 0.2) is 47.8 Å². The predicted molar refractivity (Wildman–Crippen MR) is 85.4 cm³/mol. The summed E-state index contributed by atoms with van der Waals surface area (Å²) < 4.78 is 0. The summed E-state index contributed by atoms with van der Waals surface area (Å²) in [4.78, 5) is 13.1. The second-order valence-electron chi connectivity index (χ2n) is 4.96. The molecule has 4 nitrogen and oxygen atoms in total. The van der Waals surface area contributed by atoms with Gasteiger partial charge in [0.1, 0.15) is 0 Å². The lowest BCUT2D eigenvalue weighted by molar-refractivity contribution is 0.217. The first-order valence-corrected chi connectivity index (χ1v) is 7.82. The number of carbonyl (C=O) groups is 1. The Kier molecular flexibility index (Phi) is 5.78. The zero-order valence-corrected chi connectivity index (χ0v) is 12.8. The van der Waals surface area contributed by atoms with Gasteiger partial charge in [-0.05, 0) is 30.4 Å². The van der Waals surface area contributed by atoms with Crippen molar-refractivity contribution in [2.24, 2.45) is 0 Å². The molecule has 1 aromatic heterocycles. The molecule has 0 aliphatic rings. The Morgan fingerprint density at radius 2 is 1.95 bits per heavy atom. The summed E-state index contributed by atoms with van der Waals surface area (Å²) in [6.07, 6.45) is 0.738. The molecule has 2 aromatic rings. The summed E-state index contributed by atoms with van der Waals surface area (Å²) in [5.74, 6) is 0. The molecule has 0 saturated heterocycles. The third-order valence-electron chi connectivity index (χ3n) is 3.13. The Labute approximate surface area is 128 Å². The smallest absolute Gasteiger partial charge is 0.315 e. The number of hydrogen-bond donors (Lipinski definition) is 3. The molecule has 1 heterocycles. The molecule has 21 heavy (non-hydrogen) atoms. The number of aliphatic hydroxyl groups excluding tert-OH is 1. The van der Waals surface area contributed by atoms with Crippen LogP contribution in [0, 0.1) is 0 Å². The molecule has 0 bridgehead atoms. The highest BCUT2D eigenvalue weighted by atomic mass is 32.1. The normalized spacial score (nSPS) is 13.4. The molecule has 3 N–H and O–H groups in total. The number of amides is 2. The van der Waals surface area contributed by atoms with Crippen LogP contribution >= 0.6 is 11.3 Å². The van der Waals surface area contributed by atoms with Crippen LogP contribution in [0.2, 0.25) is 0 Å². The van der Waals surface area contributed by atoms with E-state index in [1.807, 2.05) is 35.7 Å². The van der Waals surface area contributed by atoms with Crippen molar-refractivity contribution in [2.45, 2.75) is 25.4 Å². The monoisotopic (exact) mass is 304 g/mol. The molecule has 0 radical (unpaired) electrons. The fourth-order valence-corrected chi connectivity index (χ4v) is 2.81. The second-order valence-corrected chi connectivity index (χ2v) is 5.94. The van der Waals surface area contributed by atoms with Crippen molar-refractivity contribution in [1.29, 1.82) is 0 Å². The summed E-state index contributed by atoms with van der Waals surface area (Å²) in [7, 11) is 0. The van der Waals surface area contributed by atoms with Crippen LogP contribution < -0.4 is 10.6 Å². The minimum Gasteiger partial charge on any atom is -0.394 e. The number of nitrogens with one attached hydrogen (secondary N) is 2. The predicted octanol–water partition coefficient (Wildman–Crippen LogP) is 2.71. The highest BCUT2D eigenvalue weighted by Crippen LogP contribution is 2.22. The van der Waals surface area contributed by atoms with Crippen LogP contribution in [-0.4, -0.2) is 23.8 Å². The van der Waals surface area contributed by atoms with Crippen molar-refractivity contribution in [3.05, 3.63) is 58.3 Å². The number of urea groups is 1. The summed E-state index contributed by atoms with van der Waals surface area (Å²) in [6.45, 7) is 1.69. The van der Waals surface area contributed by atoms with Crippen LogP contribution in [0.5, 0.6) is 0 Å². The third kappa shape index (κ3) is 4.88. The zero-order valence-electron chi connectivity index (χ0n) is 12.0. The topological polar surface area (TPSA) is 61.4 Å². The lowest BCUT2D eigenvalue weighted by Crippen LogP contribution is -2.44. The fourth-order valence-electron chi connectivity index (χ4n) is 2.03. The molecule has 0 saturated carbocycles. The van der Waals surface area contributed by atoms with Gasteiger partial charge < -0.3 is 15.7 Å². The van der Waals surface area contributed by atoms with E-state index in [1.165, 1.54) is 5.56 Å². The van der Waals surface area contributed by atoms with E-state index in [0.29, 0.717) is 0 Å². The quantitative estimate of drug-likeness (QED) is 0.768. The van der Waals surface area contributed by atoms with Gasteiger partial charge in [0.05, 0.1) is 18.7 Å². The maximum absolute atomic E-state index is 12.0. The number of aliphatic hydroxyl groups is 1. The van der Waals surface area contributed by atoms with Gasteiger partial charge in [-0.3, -0.25) is 0 Å². The molecule has 112 valence electrons. The van der Waals surface area contributed by atoms with Gasteiger partial charge in [-0.15, -0.1) is 11.3 Å². The maximum atomic E-state index is 12.0. The highest BCUT2D eigenvalue weighted by Gasteiger charge is 2.17. The Morgan fingerprint density at radius 3 is 2.57 bits per heavy atom. The molecule has 2 amide bonds. The van der Waals surface area contributed by atoms with E-state index in [1.54, 1.807) is 18.3 Å². The van der Waals surface area contributed by atoms with Gasteiger partial charge in [0, 0.05) is 4.88 Å². The van der Waals surface area contributed by atoms with E-state index in [0.717, 1.165) is 11.3 Å². The van der Waals surface area contributed by atoms with Gasteiger partial charge in [-0.1, -0.05) is 36.4 Å². The van der Waals surface area contributed by atoms with Gasteiger partial charge >= 0.3 is 6.03 Å². The van der Waals surface area contributed by atoms with Gasteiger partial charge in [0.15, 0.2) is 0 Å². The minimum absolute atomic E-state index is 0.0710. The molecular formula is C16H20N2O2S. The second kappa shape index (κ2) is 7.81. The molecule has 0 fully saturated rings. The molecule has 2 unspecified atom stereocenters. The molecule has 0 spiro atoms. The first-order valence-electron chi connectivity index (χ1n) is 6.94. The standard InChI is InChI=1S/C16H20N2O2S/c1-12(11-19)17-16(20)18-14(15-8-5-9-21-15)10-13-6-3-2-4-7-13/h2-9,12,14,19H,10-11H2,1H3,(H2,17,18,20). The van der Waals surface area contributed by atoms with E-state index in [2.05, 4.69) is 22.8 Å². The number of hydrogen-bond acceptors (Lipinski definition) is 3. The summed E-state index contributed by atoms with van der Waals surface area (Å²) in [5, 5.41) is 16.7. The van der Waals surface area contributed by atoms with Gasteiger partial charge in [0.2, 0.25) is 0 Å². The first-order chi connectivity index (χ1) is 10.2. The van der Waals surface area contributed by atoms with Crippen LogP contribution in [-0.2, 0) is 6.42 Å². The van der Waals surface area contributed by atoms with Crippen LogP contribution in [0.3, 0.4) is 0 Å². The summed E-state index contributed by atoms with van der Waals surface area (Å²) in [6, 6.07) is 13.5.